The summed E-state index contributed by atoms with van der Waals surface area (Å²) in [5, 5.41) is 12.2. The van der Waals surface area contributed by atoms with Crippen LogP contribution >= 0.6 is 0 Å². The lowest BCUT2D eigenvalue weighted by molar-refractivity contribution is -0.143. The molecular weight excluding hydrogens is 328 g/mol. The SMILES string of the molecule is CCOC(=O)CNC(=O)[C@@H]1CC(O)CN1C(=O)OCc1ccccc1. The van der Waals surface area contributed by atoms with E-state index in [-0.39, 0.29) is 32.7 Å². The molecule has 136 valence electrons. The number of nitrogens with one attached hydrogen (secondary N) is 1. The first-order valence-corrected chi connectivity index (χ1v) is 8.10. The fourth-order valence-electron chi connectivity index (χ4n) is 2.56. The zero-order valence-electron chi connectivity index (χ0n) is 14.0. The topological polar surface area (TPSA) is 105 Å². The highest BCUT2D eigenvalue weighted by Gasteiger charge is 2.39. The fourth-order valence-corrected chi connectivity index (χ4v) is 2.56. The van der Waals surface area contributed by atoms with Gasteiger partial charge in [0.2, 0.25) is 5.91 Å². The molecular formula is C17H22N2O6. The molecule has 1 aromatic rings. The monoisotopic (exact) mass is 350 g/mol. The van der Waals surface area contributed by atoms with Gasteiger partial charge in [-0.15, -0.1) is 0 Å². The molecule has 1 saturated heterocycles. The lowest BCUT2D eigenvalue weighted by Crippen LogP contribution is -2.47. The third-order valence-corrected chi connectivity index (χ3v) is 3.73. The summed E-state index contributed by atoms with van der Waals surface area (Å²) in [7, 11) is 0. The van der Waals surface area contributed by atoms with Gasteiger partial charge in [-0.2, -0.15) is 0 Å². The minimum Gasteiger partial charge on any atom is -0.465 e. The molecule has 0 bridgehead atoms. The van der Waals surface area contributed by atoms with E-state index in [1.807, 2.05) is 30.3 Å². The second-order valence-corrected chi connectivity index (χ2v) is 5.62. The van der Waals surface area contributed by atoms with E-state index >= 15 is 0 Å². The summed E-state index contributed by atoms with van der Waals surface area (Å²) < 4.78 is 9.94. The number of esters is 1. The van der Waals surface area contributed by atoms with Crippen LogP contribution in [0.2, 0.25) is 0 Å². The first-order valence-electron chi connectivity index (χ1n) is 8.10. The van der Waals surface area contributed by atoms with Crippen LogP contribution in [-0.2, 0) is 25.7 Å². The number of β-amino-alcohol motifs (C(OH)–C–C–N with tert-alkyl or cyclic N) is 1. The predicted octanol–water partition coefficient (Wildman–Crippen LogP) is 0.438. The van der Waals surface area contributed by atoms with E-state index in [4.69, 9.17) is 9.47 Å². The van der Waals surface area contributed by atoms with E-state index in [0.29, 0.717) is 0 Å². The third-order valence-electron chi connectivity index (χ3n) is 3.73. The molecule has 0 radical (unpaired) electrons. The quantitative estimate of drug-likeness (QED) is 0.721. The molecule has 1 heterocycles. The number of hydrogen-bond donors (Lipinski definition) is 2. The molecule has 1 unspecified atom stereocenters. The summed E-state index contributed by atoms with van der Waals surface area (Å²) in [6.07, 6.45) is -1.41. The van der Waals surface area contributed by atoms with Crippen molar-refractivity contribution in [3.63, 3.8) is 0 Å². The first-order chi connectivity index (χ1) is 12.0. The molecule has 8 heteroatoms. The van der Waals surface area contributed by atoms with Gasteiger partial charge in [0.1, 0.15) is 19.2 Å². The summed E-state index contributed by atoms with van der Waals surface area (Å²) in [5.74, 6) is -1.09. The Morgan fingerprint density at radius 2 is 1.96 bits per heavy atom. The summed E-state index contributed by atoms with van der Waals surface area (Å²) in [6, 6.07) is 8.26. The number of hydrogen-bond acceptors (Lipinski definition) is 6. The Balaban J connectivity index is 1.89. The van der Waals surface area contributed by atoms with Crippen LogP contribution in [0, 0.1) is 0 Å². The zero-order chi connectivity index (χ0) is 18.2. The number of likely N-dealkylation sites (tertiary alicyclic amines) is 1. The van der Waals surface area contributed by atoms with Gasteiger partial charge in [0, 0.05) is 6.42 Å². The lowest BCUT2D eigenvalue weighted by Gasteiger charge is -2.22. The number of benzene rings is 1. The van der Waals surface area contributed by atoms with E-state index in [9.17, 15) is 19.5 Å². The molecule has 0 aliphatic carbocycles. The van der Waals surface area contributed by atoms with E-state index in [2.05, 4.69) is 5.32 Å². The average molecular weight is 350 g/mol. The number of carbonyl (C=O) groups excluding carboxylic acids is 3. The van der Waals surface area contributed by atoms with Gasteiger partial charge in [-0.05, 0) is 12.5 Å². The van der Waals surface area contributed by atoms with Crippen molar-refractivity contribution in [2.75, 3.05) is 19.7 Å². The highest BCUT2D eigenvalue weighted by atomic mass is 16.6. The molecule has 0 aromatic heterocycles. The van der Waals surface area contributed by atoms with Gasteiger partial charge in [-0.1, -0.05) is 30.3 Å². The van der Waals surface area contributed by atoms with Crippen LogP contribution in [0.5, 0.6) is 0 Å². The summed E-state index contributed by atoms with van der Waals surface area (Å²) in [4.78, 5) is 36.9. The maximum atomic E-state index is 12.2. The number of rotatable bonds is 6. The zero-order valence-corrected chi connectivity index (χ0v) is 14.0. The molecule has 2 N–H and O–H groups in total. The van der Waals surface area contributed by atoms with Crippen LogP contribution in [0.15, 0.2) is 30.3 Å². The van der Waals surface area contributed by atoms with E-state index < -0.39 is 30.1 Å². The number of carbonyl (C=O) groups is 3. The van der Waals surface area contributed by atoms with Crippen LogP contribution in [0.25, 0.3) is 0 Å². The standard InChI is InChI=1S/C17H22N2O6/c1-2-24-15(21)9-18-16(22)14-8-13(20)10-19(14)17(23)25-11-12-6-4-3-5-7-12/h3-7,13-14,20H,2,8-11H2,1H3,(H,18,22)/t13?,14-/m0/s1. The maximum Gasteiger partial charge on any atom is 0.410 e. The second kappa shape index (κ2) is 9.03. The lowest BCUT2D eigenvalue weighted by atomic mass is 10.2. The Bertz CT molecular complexity index is 606. The van der Waals surface area contributed by atoms with Crippen molar-refractivity contribution < 1.29 is 29.0 Å². The normalized spacial score (nSPS) is 19.4. The van der Waals surface area contributed by atoms with Crippen molar-refractivity contribution in [2.24, 2.45) is 0 Å². The number of aliphatic hydroxyl groups is 1. The Labute approximate surface area is 145 Å². The van der Waals surface area contributed by atoms with Gasteiger partial charge in [0.25, 0.3) is 0 Å². The van der Waals surface area contributed by atoms with Crippen molar-refractivity contribution in [2.45, 2.75) is 32.1 Å². The second-order valence-electron chi connectivity index (χ2n) is 5.62. The van der Waals surface area contributed by atoms with Crippen molar-refractivity contribution in [3.8, 4) is 0 Å². The minimum atomic E-state index is -0.882. The average Bonchev–Trinajstić information content (AvgIpc) is 3.01. The molecule has 1 aromatic carbocycles. The molecule has 25 heavy (non-hydrogen) atoms. The van der Waals surface area contributed by atoms with Gasteiger partial charge < -0.3 is 19.9 Å². The maximum absolute atomic E-state index is 12.2. The van der Waals surface area contributed by atoms with Crippen LogP contribution in [0.3, 0.4) is 0 Å². The Kier molecular flexibility index (Phi) is 6.76. The molecule has 2 rings (SSSR count). The van der Waals surface area contributed by atoms with E-state index in [0.717, 1.165) is 5.56 Å². The molecule has 0 saturated carbocycles. The van der Waals surface area contributed by atoms with Gasteiger partial charge in [-0.25, -0.2) is 4.79 Å². The molecule has 0 spiro atoms. The van der Waals surface area contributed by atoms with Crippen molar-refractivity contribution >= 4 is 18.0 Å². The van der Waals surface area contributed by atoms with Gasteiger partial charge >= 0.3 is 12.1 Å². The fraction of sp³-hybridized carbons (Fsp3) is 0.471. The smallest absolute Gasteiger partial charge is 0.410 e. The molecule has 1 aliphatic rings. The van der Waals surface area contributed by atoms with Crippen LogP contribution in [0.1, 0.15) is 18.9 Å². The van der Waals surface area contributed by atoms with Crippen molar-refractivity contribution in [3.05, 3.63) is 35.9 Å². The van der Waals surface area contributed by atoms with Crippen LogP contribution in [-0.4, -0.2) is 59.8 Å². The Hall–Kier alpha value is -2.61. The number of amides is 2. The van der Waals surface area contributed by atoms with Gasteiger partial charge in [0.05, 0.1) is 19.3 Å². The van der Waals surface area contributed by atoms with Crippen molar-refractivity contribution in [1.82, 2.24) is 10.2 Å². The van der Waals surface area contributed by atoms with E-state index in [1.54, 1.807) is 6.92 Å². The summed E-state index contributed by atoms with van der Waals surface area (Å²) in [5.41, 5.74) is 0.818. The summed E-state index contributed by atoms with van der Waals surface area (Å²) >= 11 is 0. The molecule has 1 aliphatic heterocycles. The summed E-state index contributed by atoms with van der Waals surface area (Å²) in [6.45, 7) is 1.67. The molecule has 2 atom stereocenters. The Morgan fingerprint density at radius 3 is 2.64 bits per heavy atom. The van der Waals surface area contributed by atoms with Crippen LogP contribution in [0.4, 0.5) is 4.79 Å². The largest absolute Gasteiger partial charge is 0.465 e. The first kappa shape index (κ1) is 18.7. The minimum absolute atomic E-state index is 0.00508. The molecule has 2 amide bonds. The highest BCUT2D eigenvalue weighted by Crippen LogP contribution is 2.19. The predicted molar refractivity (Wildman–Crippen MR) is 87.4 cm³/mol. The number of nitrogens with zero attached hydrogens (tertiary/aromatic N) is 1. The van der Waals surface area contributed by atoms with Gasteiger partial charge in [0.15, 0.2) is 0 Å². The van der Waals surface area contributed by atoms with Gasteiger partial charge in [-0.3, -0.25) is 14.5 Å². The third kappa shape index (κ3) is 5.46. The van der Waals surface area contributed by atoms with Crippen molar-refractivity contribution in [1.29, 1.82) is 0 Å². The van der Waals surface area contributed by atoms with E-state index in [1.165, 1.54) is 4.90 Å². The number of aliphatic hydroxyl groups excluding tert-OH is 1. The molecule has 8 nitrogen and oxygen atoms in total. The Morgan fingerprint density at radius 1 is 1.24 bits per heavy atom. The van der Waals surface area contributed by atoms with Crippen LogP contribution < -0.4 is 5.32 Å². The highest BCUT2D eigenvalue weighted by molar-refractivity contribution is 5.88. The molecule has 1 fully saturated rings. The number of ether oxygens (including phenoxy) is 2.